The lowest BCUT2D eigenvalue weighted by Gasteiger charge is -2.28. The first-order valence-electron chi connectivity index (χ1n) is 8.86. The number of nitrogens with zero attached hydrogens (tertiary/aromatic N) is 2. The molecule has 28 heavy (non-hydrogen) atoms. The van der Waals surface area contributed by atoms with E-state index in [0.717, 1.165) is 35.1 Å². The van der Waals surface area contributed by atoms with Crippen LogP contribution in [0.1, 0.15) is 29.9 Å². The van der Waals surface area contributed by atoms with E-state index in [4.69, 9.17) is 4.98 Å². The Bertz CT molecular complexity index is 1130. The second-order valence-corrected chi connectivity index (χ2v) is 11.1. The summed E-state index contributed by atoms with van der Waals surface area (Å²) in [5.74, 6) is -0.564. The van der Waals surface area contributed by atoms with Gasteiger partial charge >= 0.3 is 0 Å². The number of carboxylic acids is 1. The average Bonchev–Trinajstić information content (AvgIpc) is 2.97. The molecule has 0 amide bonds. The fourth-order valence-corrected chi connectivity index (χ4v) is 6.42. The third-order valence-corrected chi connectivity index (χ3v) is 8.26. The van der Waals surface area contributed by atoms with Crippen LogP contribution in [-0.4, -0.2) is 26.0 Å². The number of carboxylic acid groups (broad SMARTS) is 1. The maximum Gasteiger partial charge on any atom is 0.267 e. The van der Waals surface area contributed by atoms with Gasteiger partial charge in [-0.05, 0) is 31.0 Å². The van der Waals surface area contributed by atoms with Crippen molar-refractivity contribution in [2.75, 3.05) is 5.75 Å². The fourth-order valence-electron chi connectivity index (χ4n) is 3.32. The first-order valence-corrected chi connectivity index (χ1v) is 11.6. The highest BCUT2D eigenvalue weighted by atomic mass is 32.2. The van der Waals surface area contributed by atoms with E-state index in [-0.39, 0.29) is 16.1 Å². The van der Waals surface area contributed by atoms with E-state index < -0.39 is 5.97 Å². The van der Waals surface area contributed by atoms with E-state index in [1.165, 1.54) is 9.44 Å². The van der Waals surface area contributed by atoms with Crippen molar-refractivity contribution in [1.29, 1.82) is 0 Å². The monoisotopic (exact) mass is 431 g/mol. The first-order chi connectivity index (χ1) is 13.2. The van der Waals surface area contributed by atoms with Gasteiger partial charge in [-0.2, -0.15) is 0 Å². The predicted molar refractivity (Wildman–Crippen MR) is 115 cm³/mol. The van der Waals surface area contributed by atoms with Gasteiger partial charge in [-0.25, -0.2) is 4.98 Å². The molecular formula is C20H19N2O3S3-. The molecule has 0 aliphatic carbocycles. The Balaban J connectivity index is 1.97. The third-order valence-electron chi connectivity index (χ3n) is 4.69. The molecule has 0 spiro atoms. The van der Waals surface area contributed by atoms with Crippen molar-refractivity contribution in [2.24, 2.45) is 0 Å². The molecular weight excluding hydrogens is 412 g/mol. The molecule has 4 rings (SSSR count). The summed E-state index contributed by atoms with van der Waals surface area (Å²) in [6, 6.07) is 7.60. The van der Waals surface area contributed by atoms with Gasteiger partial charge in [0, 0.05) is 21.1 Å². The minimum atomic E-state index is -1.18. The topological polar surface area (TPSA) is 75.0 Å². The van der Waals surface area contributed by atoms with Crippen LogP contribution in [0.5, 0.6) is 0 Å². The summed E-state index contributed by atoms with van der Waals surface area (Å²) < 4.78 is 1.61. The molecule has 0 fully saturated rings. The summed E-state index contributed by atoms with van der Waals surface area (Å²) in [5.41, 5.74) is 2.74. The Morgan fingerprint density at radius 3 is 2.71 bits per heavy atom. The maximum absolute atomic E-state index is 13.6. The van der Waals surface area contributed by atoms with Gasteiger partial charge in [0.05, 0.1) is 17.0 Å². The smallest absolute Gasteiger partial charge is 0.267 e. The third kappa shape index (κ3) is 3.60. The van der Waals surface area contributed by atoms with Crippen LogP contribution in [0.4, 0.5) is 0 Å². The largest absolute Gasteiger partial charge is 0.549 e. The van der Waals surface area contributed by atoms with Crippen LogP contribution in [0.15, 0.2) is 34.2 Å². The van der Waals surface area contributed by atoms with E-state index in [9.17, 15) is 14.7 Å². The van der Waals surface area contributed by atoms with Gasteiger partial charge in [-0.15, -0.1) is 23.1 Å². The van der Waals surface area contributed by atoms with Crippen LogP contribution < -0.4 is 10.7 Å². The number of thiophene rings is 1. The predicted octanol–water partition coefficient (Wildman–Crippen LogP) is 3.17. The van der Waals surface area contributed by atoms with Gasteiger partial charge < -0.3 is 9.90 Å². The molecule has 0 unspecified atom stereocenters. The molecule has 1 aromatic carbocycles. The van der Waals surface area contributed by atoms with E-state index >= 15 is 0 Å². The van der Waals surface area contributed by atoms with Crippen molar-refractivity contribution in [3.05, 3.63) is 50.6 Å². The van der Waals surface area contributed by atoms with Crippen LogP contribution in [0.2, 0.25) is 0 Å². The van der Waals surface area contributed by atoms with Gasteiger partial charge in [0.25, 0.3) is 5.56 Å². The Hall–Kier alpha value is -1.77. The lowest BCUT2D eigenvalue weighted by molar-refractivity contribution is -0.301. The number of carbonyl (C=O) groups excluding carboxylic acids is 1. The van der Waals surface area contributed by atoms with Gasteiger partial charge in [0.15, 0.2) is 5.16 Å². The molecule has 5 nitrogen and oxygen atoms in total. The fraction of sp³-hybridized carbons (Fsp3) is 0.350. The summed E-state index contributed by atoms with van der Waals surface area (Å²) in [6.45, 7) is 6.37. The Labute approximate surface area is 175 Å². The van der Waals surface area contributed by atoms with E-state index in [2.05, 4.69) is 13.8 Å². The number of rotatable bonds is 4. The zero-order chi connectivity index (χ0) is 20.1. The van der Waals surface area contributed by atoms with Crippen molar-refractivity contribution in [3.8, 4) is 5.69 Å². The quantitative estimate of drug-likeness (QED) is 0.467. The van der Waals surface area contributed by atoms with Crippen molar-refractivity contribution in [2.45, 2.75) is 42.8 Å². The Morgan fingerprint density at radius 1 is 1.32 bits per heavy atom. The molecule has 146 valence electrons. The summed E-state index contributed by atoms with van der Waals surface area (Å²) >= 11 is 4.46. The number of hydrogen-bond acceptors (Lipinski definition) is 7. The summed E-state index contributed by atoms with van der Waals surface area (Å²) in [7, 11) is 0. The van der Waals surface area contributed by atoms with Crippen LogP contribution in [0.3, 0.4) is 0 Å². The second-order valence-electron chi connectivity index (χ2n) is 7.44. The number of aryl methyl sites for hydroxylation is 1. The highest BCUT2D eigenvalue weighted by Crippen LogP contribution is 2.44. The number of carbonyl (C=O) groups is 1. The number of thioether (sulfide) groups is 2. The molecule has 0 N–H and O–H groups in total. The normalized spacial score (nSPS) is 15.5. The van der Waals surface area contributed by atoms with E-state index in [1.54, 1.807) is 11.3 Å². The first kappa shape index (κ1) is 19.5. The van der Waals surface area contributed by atoms with Crippen molar-refractivity contribution in [1.82, 2.24) is 9.55 Å². The molecule has 0 atom stereocenters. The summed E-state index contributed by atoms with van der Waals surface area (Å²) in [4.78, 5) is 31.2. The molecule has 3 aromatic rings. The van der Waals surface area contributed by atoms with Crippen molar-refractivity contribution >= 4 is 51.0 Å². The van der Waals surface area contributed by atoms with Crippen molar-refractivity contribution < 1.29 is 9.90 Å². The minimum Gasteiger partial charge on any atom is -0.549 e. The molecule has 0 bridgehead atoms. The number of aliphatic carboxylic acids is 1. The van der Waals surface area contributed by atoms with Crippen LogP contribution in [0, 0.1) is 6.92 Å². The zero-order valence-electron chi connectivity index (χ0n) is 15.8. The molecule has 1 aliphatic rings. The highest BCUT2D eigenvalue weighted by molar-refractivity contribution is 8.00. The molecule has 0 radical (unpaired) electrons. The SMILES string of the molecule is Cc1ccc(-n2c(SCC(=O)[O-])nc3sc4c(c3c2=O)CC(C)(C)SC4)cc1. The van der Waals surface area contributed by atoms with Crippen molar-refractivity contribution in [3.63, 3.8) is 0 Å². The molecule has 1 aliphatic heterocycles. The number of fused-ring (bicyclic) bond motifs is 3. The average molecular weight is 432 g/mol. The van der Waals surface area contributed by atoms with Crippen LogP contribution in [-0.2, 0) is 17.0 Å². The van der Waals surface area contributed by atoms with Gasteiger partial charge in [-0.3, -0.25) is 9.36 Å². The van der Waals surface area contributed by atoms with Crippen LogP contribution in [0.25, 0.3) is 15.9 Å². The van der Waals surface area contributed by atoms with Crippen LogP contribution >= 0.6 is 34.9 Å². The van der Waals surface area contributed by atoms with Gasteiger partial charge in [-0.1, -0.05) is 43.3 Å². The highest BCUT2D eigenvalue weighted by Gasteiger charge is 2.31. The summed E-state index contributed by atoms with van der Waals surface area (Å²) in [6.07, 6.45) is 0.823. The number of hydrogen-bond donors (Lipinski definition) is 0. The zero-order valence-corrected chi connectivity index (χ0v) is 18.2. The molecule has 0 saturated carbocycles. The lowest BCUT2D eigenvalue weighted by atomic mass is 10.00. The maximum atomic E-state index is 13.6. The van der Waals surface area contributed by atoms with Gasteiger partial charge in [0.2, 0.25) is 0 Å². The molecule has 2 aromatic heterocycles. The number of aromatic nitrogens is 2. The molecule has 8 heteroatoms. The Kier molecular flexibility index (Phi) is 5.05. The minimum absolute atomic E-state index is 0.0739. The van der Waals surface area contributed by atoms with Gasteiger partial charge in [0.1, 0.15) is 4.83 Å². The summed E-state index contributed by atoms with van der Waals surface area (Å²) in [5, 5.41) is 12.1. The van der Waals surface area contributed by atoms with E-state index in [0.29, 0.717) is 21.1 Å². The molecule has 3 heterocycles. The molecule has 0 saturated heterocycles. The lowest BCUT2D eigenvalue weighted by Crippen LogP contribution is -2.27. The van der Waals surface area contributed by atoms with E-state index in [1.807, 2.05) is 43.0 Å². The Morgan fingerprint density at radius 2 is 2.04 bits per heavy atom. The standard InChI is InChI=1S/C20H20N2O3S3/c1-11-4-6-12(7-5-11)22-18(25)16-13-8-20(2,3)27-9-14(13)28-17(16)21-19(22)26-10-15(23)24/h4-7H,8-10H2,1-3H3,(H,23,24)/p-1. The number of benzene rings is 1. The second kappa shape index (κ2) is 7.24.